The number of carbonyl (C=O) groups is 2. The highest BCUT2D eigenvalue weighted by molar-refractivity contribution is 5.94. The maximum atomic E-state index is 12.4. The van der Waals surface area contributed by atoms with Gasteiger partial charge in [-0.1, -0.05) is 6.07 Å². The van der Waals surface area contributed by atoms with E-state index in [4.69, 9.17) is 19.1 Å². The Kier molecular flexibility index (Phi) is 11.0. The molecule has 39 heavy (non-hydrogen) atoms. The number of carboxylic acids is 1. The Morgan fingerprint density at radius 2 is 1.87 bits per heavy atom. The quantitative estimate of drug-likeness (QED) is 0.338. The van der Waals surface area contributed by atoms with Gasteiger partial charge in [-0.2, -0.15) is 13.2 Å². The van der Waals surface area contributed by atoms with Crippen LogP contribution in [0.25, 0.3) is 11.5 Å². The lowest BCUT2D eigenvalue weighted by Crippen LogP contribution is -2.32. The van der Waals surface area contributed by atoms with Crippen molar-refractivity contribution in [2.45, 2.75) is 51.4 Å². The number of nitrogens with zero attached hydrogens (tertiary/aromatic N) is 2. The molecule has 1 fully saturated rings. The lowest BCUT2D eigenvalue weighted by atomic mass is 10.1. The van der Waals surface area contributed by atoms with Crippen LogP contribution in [-0.2, 0) is 22.5 Å². The highest BCUT2D eigenvalue weighted by atomic mass is 19.4. The molecule has 0 aliphatic carbocycles. The number of hydrogen-bond donors (Lipinski definition) is 3. The smallest absolute Gasteiger partial charge is 0.475 e. The summed E-state index contributed by atoms with van der Waals surface area (Å²) in [5.41, 5.74) is 3.37. The Bertz CT molecular complexity index is 1190. The van der Waals surface area contributed by atoms with Crippen LogP contribution in [0.15, 0.2) is 53.2 Å². The molecule has 1 aliphatic heterocycles. The third kappa shape index (κ3) is 9.80. The van der Waals surface area contributed by atoms with Crippen LogP contribution in [0.5, 0.6) is 0 Å². The van der Waals surface area contributed by atoms with Crippen molar-refractivity contribution < 1.29 is 37.0 Å². The van der Waals surface area contributed by atoms with Gasteiger partial charge in [0.1, 0.15) is 5.76 Å². The molecule has 3 N–H and O–H groups in total. The number of halogens is 3. The molecule has 3 aromatic rings. The predicted molar refractivity (Wildman–Crippen MR) is 136 cm³/mol. The molecular formula is C27H31F3N4O5. The number of pyridine rings is 1. The van der Waals surface area contributed by atoms with Crippen molar-refractivity contribution in [3.05, 3.63) is 71.4 Å². The molecule has 1 amide bonds. The van der Waals surface area contributed by atoms with E-state index in [9.17, 15) is 18.0 Å². The number of aryl methyl sites for hydroxylation is 2. The summed E-state index contributed by atoms with van der Waals surface area (Å²) in [4.78, 5) is 30.0. The second-order valence-corrected chi connectivity index (χ2v) is 8.87. The van der Waals surface area contributed by atoms with E-state index in [1.165, 1.54) is 0 Å². The predicted octanol–water partition coefficient (Wildman–Crippen LogP) is 4.31. The number of aliphatic carboxylic acids is 1. The third-order valence-corrected chi connectivity index (χ3v) is 5.90. The van der Waals surface area contributed by atoms with E-state index < -0.39 is 12.1 Å². The van der Waals surface area contributed by atoms with E-state index in [-0.39, 0.29) is 5.91 Å². The summed E-state index contributed by atoms with van der Waals surface area (Å²) >= 11 is 0. The molecule has 0 spiro atoms. The fraction of sp³-hybridized carbons (Fsp3) is 0.407. The van der Waals surface area contributed by atoms with Gasteiger partial charge in [-0.15, -0.1) is 0 Å². The molecular weight excluding hydrogens is 517 g/mol. The number of benzene rings is 1. The Morgan fingerprint density at radius 3 is 2.49 bits per heavy atom. The Balaban J connectivity index is 0.000000532. The molecule has 0 saturated carbocycles. The number of oxazole rings is 1. The first kappa shape index (κ1) is 29.8. The number of aromatic nitrogens is 2. The zero-order valence-corrected chi connectivity index (χ0v) is 21.5. The van der Waals surface area contributed by atoms with Crippen molar-refractivity contribution in [1.82, 2.24) is 20.6 Å². The molecule has 4 rings (SSSR count). The largest absolute Gasteiger partial charge is 0.490 e. The van der Waals surface area contributed by atoms with Crippen LogP contribution in [0.2, 0.25) is 0 Å². The van der Waals surface area contributed by atoms with Crippen LogP contribution in [0.4, 0.5) is 13.2 Å². The van der Waals surface area contributed by atoms with Gasteiger partial charge < -0.3 is 24.9 Å². The van der Waals surface area contributed by atoms with E-state index in [2.05, 4.69) is 20.6 Å². The molecule has 1 aromatic carbocycles. The van der Waals surface area contributed by atoms with Crippen LogP contribution in [-0.4, -0.2) is 58.9 Å². The standard InChI is InChI=1S/C25H30N4O3.C2HF3O2/c1-18-23(5-3-15-31-22-10-13-26-14-11-22)29-25(32-18)21-8-6-20(7-9-21)24(30)28-17-19-4-2-12-27-16-19;3-2(4,5)1(6)7/h2,4,6-9,12,16,22,26H,3,5,10-11,13-15,17H2,1H3,(H,28,30);(H,6,7). The van der Waals surface area contributed by atoms with E-state index >= 15 is 0 Å². The SMILES string of the molecule is Cc1oc(-c2ccc(C(=O)NCc3cccnc3)cc2)nc1CCCOC1CCNCC1.O=C(O)C(F)(F)F. The summed E-state index contributed by atoms with van der Waals surface area (Å²) in [6.45, 7) is 5.22. The lowest BCUT2D eigenvalue weighted by molar-refractivity contribution is -0.192. The second kappa shape index (κ2) is 14.4. The summed E-state index contributed by atoms with van der Waals surface area (Å²) in [5.74, 6) is -1.47. The number of carboxylic acid groups (broad SMARTS) is 1. The molecule has 0 radical (unpaired) electrons. The first-order chi connectivity index (χ1) is 18.6. The third-order valence-electron chi connectivity index (χ3n) is 5.90. The van der Waals surface area contributed by atoms with Gasteiger partial charge in [0.05, 0.1) is 11.8 Å². The summed E-state index contributed by atoms with van der Waals surface area (Å²) in [7, 11) is 0. The molecule has 0 bridgehead atoms. The van der Waals surface area contributed by atoms with Crippen LogP contribution >= 0.6 is 0 Å². The molecule has 1 saturated heterocycles. The topological polar surface area (TPSA) is 127 Å². The van der Waals surface area contributed by atoms with Crippen molar-refractivity contribution in [3.63, 3.8) is 0 Å². The average Bonchev–Trinajstić information content (AvgIpc) is 3.31. The van der Waals surface area contributed by atoms with Crippen molar-refractivity contribution in [2.24, 2.45) is 0 Å². The van der Waals surface area contributed by atoms with Crippen LogP contribution in [0, 0.1) is 6.92 Å². The number of amides is 1. The minimum Gasteiger partial charge on any atom is -0.475 e. The molecule has 0 unspecified atom stereocenters. The molecule has 1 aliphatic rings. The first-order valence-corrected chi connectivity index (χ1v) is 12.5. The summed E-state index contributed by atoms with van der Waals surface area (Å²) in [6.07, 6.45) is 2.68. The highest BCUT2D eigenvalue weighted by Gasteiger charge is 2.38. The molecule has 9 nitrogen and oxygen atoms in total. The second-order valence-electron chi connectivity index (χ2n) is 8.87. The molecule has 210 valence electrons. The van der Waals surface area contributed by atoms with Gasteiger partial charge in [0, 0.05) is 36.7 Å². The zero-order valence-electron chi connectivity index (χ0n) is 21.5. The summed E-state index contributed by atoms with van der Waals surface area (Å²) < 4.78 is 43.6. The number of hydrogen-bond acceptors (Lipinski definition) is 7. The number of rotatable bonds is 9. The fourth-order valence-electron chi connectivity index (χ4n) is 3.79. The highest BCUT2D eigenvalue weighted by Crippen LogP contribution is 2.23. The monoisotopic (exact) mass is 548 g/mol. The average molecular weight is 549 g/mol. The Morgan fingerprint density at radius 1 is 1.18 bits per heavy atom. The molecule has 3 heterocycles. The van der Waals surface area contributed by atoms with E-state index in [1.807, 2.05) is 31.2 Å². The van der Waals surface area contributed by atoms with Crippen LogP contribution < -0.4 is 10.6 Å². The van der Waals surface area contributed by atoms with Gasteiger partial charge in [-0.3, -0.25) is 9.78 Å². The molecule has 0 atom stereocenters. The number of ether oxygens (including phenoxy) is 1. The summed E-state index contributed by atoms with van der Waals surface area (Å²) in [5, 5.41) is 13.4. The molecule has 2 aromatic heterocycles. The van der Waals surface area contributed by atoms with Crippen molar-refractivity contribution in [2.75, 3.05) is 19.7 Å². The maximum absolute atomic E-state index is 12.4. The van der Waals surface area contributed by atoms with E-state index in [1.54, 1.807) is 24.5 Å². The number of piperidine rings is 1. The Labute approximate surface area is 223 Å². The van der Waals surface area contributed by atoms with Gasteiger partial charge >= 0.3 is 12.1 Å². The lowest BCUT2D eigenvalue weighted by Gasteiger charge is -2.22. The van der Waals surface area contributed by atoms with Crippen molar-refractivity contribution >= 4 is 11.9 Å². The van der Waals surface area contributed by atoms with Crippen LogP contribution in [0.3, 0.4) is 0 Å². The summed E-state index contributed by atoms with van der Waals surface area (Å²) in [6, 6.07) is 11.1. The minimum atomic E-state index is -5.08. The van der Waals surface area contributed by atoms with E-state index in [0.717, 1.165) is 68.0 Å². The maximum Gasteiger partial charge on any atom is 0.490 e. The number of alkyl halides is 3. The number of carbonyl (C=O) groups excluding carboxylic acids is 1. The van der Waals surface area contributed by atoms with Gasteiger partial charge in [-0.05, 0) is 81.6 Å². The minimum absolute atomic E-state index is 0.126. The van der Waals surface area contributed by atoms with Gasteiger partial charge in [-0.25, -0.2) is 9.78 Å². The van der Waals surface area contributed by atoms with Crippen molar-refractivity contribution in [1.29, 1.82) is 0 Å². The first-order valence-electron chi connectivity index (χ1n) is 12.5. The normalized spacial score (nSPS) is 13.8. The number of nitrogens with one attached hydrogen (secondary N) is 2. The van der Waals surface area contributed by atoms with Crippen molar-refractivity contribution in [3.8, 4) is 11.5 Å². The zero-order chi connectivity index (χ0) is 28.3. The fourth-order valence-corrected chi connectivity index (χ4v) is 3.79. The Hall–Kier alpha value is -3.77. The molecule has 12 heteroatoms. The van der Waals surface area contributed by atoms with E-state index in [0.29, 0.717) is 24.1 Å². The van der Waals surface area contributed by atoms with Gasteiger partial charge in [0.25, 0.3) is 5.91 Å². The van der Waals surface area contributed by atoms with Gasteiger partial charge in [0.15, 0.2) is 0 Å². The van der Waals surface area contributed by atoms with Gasteiger partial charge in [0.2, 0.25) is 5.89 Å². The van der Waals surface area contributed by atoms with Crippen LogP contribution in [0.1, 0.15) is 46.6 Å².